The monoisotopic (exact) mass is 332 g/mol. The number of nitrogens with one attached hydrogen (secondary N) is 1. The van der Waals surface area contributed by atoms with Crippen LogP contribution in [0.2, 0.25) is 0 Å². The first kappa shape index (κ1) is 19.7. The fourth-order valence-electron chi connectivity index (χ4n) is 4.03. The molecule has 0 spiro atoms. The Bertz CT molecular complexity index is 394. The second-order valence-electron chi connectivity index (χ2n) is 7.58. The molecule has 2 saturated carbocycles. The highest BCUT2D eigenvalue weighted by Gasteiger charge is 2.62. The van der Waals surface area contributed by atoms with Gasteiger partial charge >= 0.3 is 0 Å². The molecular formula is C17H33ClN2O2. The maximum atomic E-state index is 12.6. The molecule has 5 heteroatoms. The van der Waals surface area contributed by atoms with Gasteiger partial charge in [-0.2, -0.15) is 0 Å². The van der Waals surface area contributed by atoms with Crippen LogP contribution in [0.5, 0.6) is 0 Å². The molecule has 0 aromatic heterocycles. The number of hydrogen-bond acceptors (Lipinski definition) is 3. The van der Waals surface area contributed by atoms with Crippen molar-refractivity contribution in [3.05, 3.63) is 0 Å². The third kappa shape index (κ3) is 3.15. The SMILES string of the molecule is CCOC1CC(N)(C(=O)NCC2(CC)CCCC2)C1(C)C.Cl. The van der Waals surface area contributed by atoms with Crippen LogP contribution in [0.15, 0.2) is 0 Å². The summed E-state index contributed by atoms with van der Waals surface area (Å²) in [6.45, 7) is 9.75. The summed E-state index contributed by atoms with van der Waals surface area (Å²) in [5, 5.41) is 3.16. The normalized spacial score (nSPS) is 32.0. The van der Waals surface area contributed by atoms with Gasteiger partial charge in [0.25, 0.3) is 0 Å². The van der Waals surface area contributed by atoms with E-state index >= 15 is 0 Å². The van der Waals surface area contributed by atoms with Crippen molar-refractivity contribution in [1.29, 1.82) is 0 Å². The minimum Gasteiger partial charge on any atom is -0.378 e. The number of ether oxygens (including phenoxy) is 1. The topological polar surface area (TPSA) is 64.3 Å². The van der Waals surface area contributed by atoms with E-state index in [2.05, 4.69) is 12.2 Å². The number of rotatable bonds is 6. The molecule has 2 rings (SSSR count). The molecule has 22 heavy (non-hydrogen) atoms. The van der Waals surface area contributed by atoms with E-state index in [0.717, 1.165) is 13.0 Å². The number of nitrogens with two attached hydrogens (primary N) is 1. The number of carbonyl (C=O) groups is 1. The lowest BCUT2D eigenvalue weighted by Gasteiger charge is -2.57. The van der Waals surface area contributed by atoms with Gasteiger partial charge < -0.3 is 15.8 Å². The molecule has 4 nitrogen and oxygen atoms in total. The zero-order valence-corrected chi connectivity index (χ0v) is 15.4. The van der Waals surface area contributed by atoms with Gasteiger partial charge in [0, 0.05) is 25.0 Å². The van der Waals surface area contributed by atoms with Crippen LogP contribution >= 0.6 is 12.4 Å². The molecule has 0 aromatic rings. The van der Waals surface area contributed by atoms with Crippen molar-refractivity contribution in [2.24, 2.45) is 16.6 Å². The number of amides is 1. The van der Waals surface area contributed by atoms with Crippen LogP contribution in [0.4, 0.5) is 0 Å². The maximum Gasteiger partial charge on any atom is 0.240 e. The molecule has 2 unspecified atom stereocenters. The Hall–Kier alpha value is -0.320. The van der Waals surface area contributed by atoms with Gasteiger partial charge in [-0.05, 0) is 31.6 Å². The highest BCUT2D eigenvalue weighted by Crippen LogP contribution is 2.50. The van der Waals surface area contributed by atoms with E-state index < -0.39 is 5.54 Å². The second kappa shape index (κ2) is 7.06. The average Bonchev–Trinajstić information content (AvgIpc) is 2.93. The highest BCUT2D eigenvalue weighted by molar-refractivity contribution is 5.88. The summed E-state index contributed by atoms with van der Waals surface area (Å²) in [6, 6.07) is 0. The van der Waals surface area contributed by atoms with Crippen molar-refractivity contribution in [3.63, 3.8) is 0 Å². The Labute approximate surface area is 141 Å². The summed E-state index contributed by atoms with van der Waals surface area (Å²) >= 11 is 0. The molecule has 2 fully saturated rings. The van der Waals surface area contributed by atoms with Crippen molar-refractivity contribution >= 4 is 18.3 Å². The van der Waals surface area contributed by atoms with Gasteiger partial charge in [0.05, 0.1) is 6.10 Å². The van der Waals surface area contributed by atoms with Gasteiger partial charge in [-0.1, -0.05) is 33.6 Å². The van der Waals surface area contributed by atoms with Crippen LogP contribution in [0.1, 0.15) is 66.2 Å². The quantitative estimate of drug-likeness (QED) is 0.785. The molecule has 0 aliphatic heterocycles. The fraction of sp³-hybridized carbons (Fsp3) is 0.941. The summed E-state index contributed by atoms with van der Waals surface area (Å²) in [5.41, 5.74) is 5.63. The van der Waals surface area contributed by atoms with E-state index in [0.29, 0.717) is 18.4 Å². The molecule has 0 radical (unpaired) electrons. The molecule has 0 bridgehead atoms. The lowest BCUT2D eigenvalue weighted by atomic mass is 9.54. The standard InChI is InChI=1S/C17H32N2O2.ClH/c1-5-16(9-7-8-10-16)12-19-14(20)17(18)11-13(21-6-2)15(17,3)4;/h13H,5-12,18H2,1-4H3,(H,19,20);1H. The summed E-state index contributed by atoms with van der Waals surface area (Å²) in [5.74, 6) is 0.00294. The van der Waals surface area contributed by atoms with Crippen LogP contribution in [0, 0.1) is 10.8 Å². The maximum absolute atomic E-state index is 12.6. The second-order valence-corrected chi connectivity index (χ2v) is 7.58. The Morgan fingerprint density at radius 3 is 2.32 bits per heavy atom. The number of hydrogen-bond donors (Lipinski definition) is 2. The van der Waals surface area contributed by atoms with Crippen LogP contribution in [-0.2, 0) is 9.53 Å². The van der Waals surface area contributed by atoms with Gasteiger partial charge in [0.15, 0.2) is 0 Å². The van der Waals surface area contributed by atoms with E-state index in [9.17, 15) is 4.79 Å². The third-order valence-electron chi connectivity index (χ3n) is 6.27. The Morgan fingerprint density at radius 2 is 1.86 bits per heavy atom. The van der Waals surface area contributed by atoms with Crippen molar-refractivity contribution < 1.29 is 9.53 Å². The Balaban J connectivity index is 0.00000242. The van der Waals surface area contributed by atoms with Crippen molar-refractivity contribution in [1.82, 2.24) is 5.32 Å². The predicted molar refractivity (Wildman–Crippen MR) is 92.2 cm³/mol. The molecule has 0 aromatic carbocycles. The first-order valence-corrected chi connectivity index (χ1v) is 8.50. The highest BCUT2D eigenvalue weighted by atomic mass is 35.5. The molecule has 1 amide bonds. The minimum atomic E-state index is -0.791. The van der Waals surface area contributed by atoms with Crippen LogP contribution in [0.3, 0.4) is 0 Å². The average molecular weight is 333 g/mol. The first-order chi connectivity index (χ1) is 9.81. The molecule has 130 valence electrons. The molecule has 0 saturated heterocycles. The summed E-state index contributed by atoms with van der Waals surface area (Å²) in [7, 11) is 0. The van der Waals surface area contributed by atoms with Crippen LogP contribution < -0.4 is 11.1 Å². The minimum absolute atomic E-state index is 0. The molecular weight excluding hydrogens is 300 g/mol. The smallest absolute Gasteiger partial charge is 0.240 e. The lowest BCUT2D eigenvalue weighted by molar-refractivity contribution is -0.171. The Kier molecular flexibility index (Phi) is 6.33. The molecule has 0 heterocycles. The van der Waals surface area contributed by atoms with E-state index in [1.54, 1.807) is 0 Å². The molecule has 2 aliphatic carbocycles. The zero-order chi connectivity index (χ0) is 15.7. The van der Waals surface area contributed by atoms with Crippen molar-refractivity contribution in [3.8, 4) is 0 Å². The van der Waals surface area contributed by atoms with Gasteiger partial charge in [0.2, 0.25) is 5.91 Å². The third-order valence-corrected chi connectivity index (χ3v) is 6.27. The van der Waals surface area contributed by atoms with Crippen molar-refractivity contribution in [2.45, 2.75) is 77.9 Å². The number of carbonyl (C=O) groups excluding carboxylic acids is 1. The van der Waals surface area contributed by atoms with E-state index in [-0.39, 0.29) is 29.8 Å². The zero-order valence-electron chi connectivity index (χ0n) is 14.5. The summed E-state index contributed by atoms with van der Waals surface area (Å²) in [6.07, 6.45) is 6.88. The Morgan fingerprint density at radius 1 is 1.27 bits per heavy atom. The fourth-order valence-corrected chi connectivity index (χ4v) is 4.03. The first-order valence-electron chi connectivity index (χ1n) is 8.50. The van der Waals surface area contributed by atoms with Crippen molar-refractivity contribution in [2.75, 3.05) is 13.2 Å². The van der Waals surface area contributed by atoms with Gasteiger partial charge in [-0.3, -0.25) is 4.79 Å². The summed E-state index contributed by atoms with van der Waals surface area (Å²) < 4.78 is 5.70. The van der Waals surface area contributed by atoms with Gasteiger partial charge in [-0.25, -0.2) is 0 Å². The molecule has 2 aliphatic rings. The van der Waals surface area contributed by atoms with Gasteiger partial charge in [0.1, 0.15) is 5.54 Å². The number of halogens is 1. The van der Waals surface area contributed by atoms with Crippen LogP contribution in [-0.4, -0.2) is 30.7 Å². The summed E-state index contributed by atoms with van der Waals surface area (Å²) in [4.78, 5) is 12.6. The molecule has 3 N–H and O–H groups in total. The molecule has 2 atom stereocenters. The van der Waals surface area contributed by atoms with E-state index in [1.807, 2.05) is 20.8 Å². The van der Waals surface area contributed by atoms with E-state index in [4.69, 9.17) is 10.5 Å². The van der Waals surface area contributed by atoms with E-state index in [1.165, 1.54) is 25.7 Å². The van der Waals surface area contributed by atoms with Gasteiger partial charge in [-0.15, -0.1) is 12.4 Å². The van der Waals surface area contributed by atoms with Crippen LogP contribution in [0.25, 0.3) is 0 Å². The largest absolute Gasteiger partial charge is 0.378 e. The lowest BCUT2D eigenvalue weighted by Crippen LogP contribution is -2.76. The predicted octanol–water partition coefficient (Wildman–Crippen LogP) is 3.03.